The monoisotopic (exact) mass is 392 g/mol. The van der Waals surface area contributed by atoms with Gasteiger partial charge in [-0.2, -0.15) is 0 Å². The lowest BCUT2D eigenvalue weighted by molar-refractivity contribution is 0.105. The summed E-state index contributed by atoms with van der Waals surface area (Å²) in [4.78, 5) is 14.4. The third-order valence-electron chi connectivity index (χ3n) is 4.39. The van der Waals surface area contributed by atoms with Gasteiger partial charge in [0.2, 0.25) is 5.95 Å². The Bertz CT molecular complexity index is 1110. The molecule has 3 N–H and O–H groups in total. The molecule has 0 amide bonds. The molecule has 1 atom stereocenters. The van der Waals surface area contributed by atoms with Gasteiger partial charge in [0.15, 0.2) is 0 Å². The van der Waals surface area contributed by atoms with E-state index < -0.39 is 6.10 Å². The molecule has 6 nitrogen and oxygen atoms in total. The van der Waals surface area contributed by atoms with Gasteiger partial charge in [-0.15, -0.1) is 11.3 Å². The Labute approximate surface area is 166 Å². The van der Waals surface area contributed by atoms with Gasteiger partial charge >= 0.3 is 0 Å². The number of aryl methyl sites for hydroxylation is 1. The molecule has 0 saturated carbocycles. The molecular weight excluding hydrogens is 372 g/mol. The number of nitrogens with one attached hydrogen (secondary N) is 1. The van der Waals surface area contributed by atoms with Crippen LogP contribution in [0.15, 0.2) is 54.7 Å². The van der Waals surface area contributed by atoms with Crippen molar-refractivity contribution < 1.29 is 10.2 Å². The van der Waals surface area contributed by atoms with E-state index in [1.807, 2.05) is 25.1 Å². The first-order valence-corrected chi connectivity index (χ1v) is 9.78. The van der Waals surface area contributed by atoms with Crippen LogP contribution < -0.4 is 5.32 Å². The maximum Gasteiger partial charge on any atom is 0.223 e. The van der Waals surface area contributed by atoms with Gasteiger partial charge in [-0.3, -0.25) is 0 Å². The van der Waals surface area contributed by atoms with Crippen LogP contribution >= 0.6 is 11.3 Å². The van der Waals surface area contributed by atoms with Crippen LogP contribution in [0, 0.1) is 6.92 Å². The Morgan fingerprint density at radius 1 is 1.07 bits per heavy atom. The minimum atomic E-state index is -0.850. The number of fused-ring (bicyclic) bond motifs is 1. The number of aliphatic hydroxyl groups excluding tert-OH is 2. The summed E-state index contributed by atoms with van der Waals surface area (Å²) >= 11 is 1.59. The number of hydrogen-bond donors (Lipinski definition) is 3. The molecule has 4 aromatic rings. The molecule has 0 bridgehead atoms. The van der Waals surface area contributed by atoms with Crippen molar-refractivity contribution >= 4 is 28.1 Å². The smallest absolute Gasteiger partial charge is 0.223 e. The van der Waals surface area contributed by atoms with Gasteiger partial charge < -0.3 is 15.5 Å². The highest BCUT2D eigenvalue weighted by Crippen LogP contribution is 2.35. The SMILES string of the molecule is Cc1nc(-c2ccc3ccccc3c2)sc1-c1ccnc(NC[C@H](O)CO)n1. The quantitative estimate of drug-likeness (QED) is 0.465. The molecule has 2 heterocycles. The second-order valence-corrected chi connectivity index (χ2v) is 7.48. The predicted molar refractivity (Wildman–Crippen MR) is 112 cm³/mol. The summed E-state index contributed by atoms with van der Waals surface area (Å²) in [6, 6.07) is 16.5. The third-order valence-corrected chi connectivity index (χ3v) is 5.62. The number of rotatable bonds is 6. The molecule has 0 saturated heterocycles. The van der Waals surface area contributed by atoms with Crippen molar-refractivity contribution in [3.63, 3.8) is 0 Å². The lowest BCUT2D eigenvalue weighted by atomic mass is 10.1. The van der Waals surface area contributed by atoms with Crippen LogP contribution in [0.25, 0.3) is 31.9 Å². The highest BCUT2D eigenvalue weighted by atomic mass is 32.1. The standard InChI is InChI=1S/C21H20N4O2S/c1-13-19(18-8-9-22-21(25-18)23-11-17(27)12-26)28-20(24-13)16-7-6-14-4-2-3-5-15(14)10-16/h2-10,17,26-27H,11-12H2,1H3,(H,22,23,25)/t17-/m0/s1. The summed E-state index contributed by atoms with van der Waals surface area (Å²) in [5.74, 6) is 0.407. The minimum Gasteiger partial charge on any atom is -0.394 e. The molecule has 0 aliphatic carbocycles. The lowest BCUT2D eigenvalue weighted by Gasteiger charge is -2.09. The van der Waals surface area contributed by atoms with E-state index in [1.165, 1.54) is 10.8 Å². The number of anilines is 1. The fraction of sp³-hybridized carbons (Fsp3) is 0.190. The van der Waals surface area contributed by atoms with Crippen molar-refractivity contribution in [3.05, 3.63) is 60.4 Å². The summed E-state index contributed by atoms with van der Waals surface area (Å²) in [6.45, 7) is 1.85. The Morgan fingerprint density at radius 3 is 2.71 bits per heavy atom. The van der Waals surface area contributed by atoms with Gasteiger partial charge in [0.25, 0.3) is 0 Å². The zero-order valence-electron chi connectivity index (χ0n) is 15.3. The number of aliphatic hydroxyl groups is 2. The molecule has 142 valence electrons. The van der Waals surface area contributed by atoms with Crippen molar-refractivity contribution in [1.29, 1.82) is 0 Å². The Hall–Kier alpha value is -2.87. The van der Waals surface area contributed by atoms with Crippen LogP contribution in [-0.2, 0) is 0 Å². The number of aromatic nitrogens is 3. The summed E-state index contributed by atoms with van der Waals surface area (Å²) in [5.41, 5.74) is 2.77. The molecule has 2 aromatic carbocycles. The lowest BCUT2D eigenvalue weighted by Crippen LogP contribution is -2.23. The fourth-order valence-corrected chi connectivity index (χ4v) is 3.96. The van der Waals surface area contributed by atoms with E-state index in [0.717, 1.165) is 26.8 Å². The molecule has 4 rings (SSSR count). The van der Waals surface area contributed by atoms with E-state index in [1.54, 1.807) is 17.5 Å². The first-order valence-electron chi connectivity index (χ1n) is 8.97. The number of thiazole rings is 1. The van der Waals surface area contributed by atoms with Gasteiger partial charge in [-0.05, 0) is 29.8 Å². The van der Waals surface area contributed by atoms with Gasteiger partial charge in [0, 0.05) is 18.3 Å². The van der Waals surface area contributed by atoms with E-state index in [-0.39, 0.29) is 13.2 Å². The first kappa shape index (κ1) is 18.5. The van der Waals surface area contributed by atoms with E-state index >= 15 is 0 Å². The summed E-state index contributed by atoms with van der Waals surface area (Å²) in [7, 11) is 0. The molecule has 0 aliphatic heterocycles. The van der Waals surface area contributed by atoms with Crippen LogP contribution in [0.3, 0.4) is 0 Å². The molecule has 0 fully saturated rings. The number of nitrogens with zero attached hydrogens (tertiary/aromatic N) is 3. The molecule has 0 aliphatic rings. The van der Waals surface area contributed by atoms with Crippen molar-refractivity contribution in [2.24, 2.45) is 0 Å². The first-order chi connectivity index (χ1) is 13.6. The highest BCUT2D eigenvalue weighted by molar-refractivity contribution is 7.18. The van der Waals surface area contributed by atoms with Crippen LogP contribution in [0.4, 0.5) is 5.95 Å². The van der Waals surface area contributed by atoms with Gasteiger partial charge in [-0.1, -0.05) is 36.4 Å². The molecule has 0 spiro atoms. The fourth-order valence-electron chi connectivity index (χ4n) is 2.92. The zero-order valence-corrected chi connectivity index (χ0v) is 16.1. The van der Waals surface area contributed by atoms with E-state index in [0.29, 0.717) is 5.95 Å². The number of hydrogen-bond acceptors (Lipinski definition) is 7. The van der Waals surface area contributed by atoms with Crippen molar-refractivity contribution in [2.75, 3.05) is 18.5 Å². The summed E-state index contributed by atoms with van der Waals surface area (Å²) in [5, 5.41) is 24.7. The van der Waals surface area contributed by atoms with Crippen LogP contribution in [0.1, 0.15) is 5.69 Å². The van der Waals surface area contributed by atoms with E-state index in [9.17, 15) is 5.11 Å². The summed E-state index contributed by atoms with van der Waals surface area (Å²) in [6.07, 6.45) is 0.821. The Morgan fingerprint density at radius 2 is 1.89 bits per heavy atom. The molecule has 0 unspecified atom stereocenters. The zero-order chi connectivity index (χ0) is 19.5. The molecule has 0 radical (unpaired) electrons. The van der Waals surface area contributed by atoms with Crippen molar-refractivity contribution in [3.8, 4) is 21.1 Å². The normalized spacial score (nSPS) is 12.2. The third kappa shape index (κ3) is 3.87. The van der Waals surface area contributed by atoms with Crippen LogP contribution in [0.5, 0.6) is 0 Å². The maximum atomic E-state index is 9.48. The second-order valence-electron chi connectivity index (χ2n) is 6.48. The Kier molecular flexibility index (Phi) is 5.29. The van der Waals surface area contributed by atoms with Gasteiger partial charge in [-0.25, -0.2) is 15.0 Å². The molecule has 28 heavy (non-hydrogen) atoms. The van der Waals surface area contributed by atoms with Crippen LogP contribution in [0.2, 0.25) is 0 Å². The van der Waals surface area contributed by atoms with E-state index in [2.05, 4.69) is 45.6 Å². The predicted octanol–water partition coefficient (Wildman–Crippen LogP) is 3.49. The number of benzene rings is 2. The largest absolute Gasteiger partial charge is 0.394 e. The second kappa shape index (κ2) is 8.02. The van der Waals surface area contributed by atoms with Crippen LogP contribution in [-0.4, -0.2) is 44.4 Å². The Balaban J connectivity index is 1.64. The highest BCUT2D eigenvalue weighted by Gasteiger charge is 2.14. The van der Waals surface area contributed by atoms with Crippen molar-refractivity contribution in [1.82, 2.24) is 15.0 Å². The summed E-state index contributed by atoms with van der Waals surface area (Å²) < 4.78 is 0. The van der Waals surface area contributed by atoms with E-state index in [4.69, 9.17) is 10.1 Å². The maximum absolute atomic E-state index is 9.48. The van der Waals surface area contributed by atoms with Crippen molar-refractivity contribution in [2.45, 2.75) is 13.0 Å². The average Bonchev–Trinajstić information content (AvgIpc) is 3.13. The van der Waals surface area contributed by atoms with Gasteiger partial charge in [0.1, 0.15) is 5.01 Å². The molecule has 7 heteroatoms. The molecule has 2 aromatic heterocycles. The average molecular weight is 392 g/mol. The molecular formula is C21H20N4O2S. The van der Waals surface area contributed by atoms with Gasteiger partial charge in [0.05, 0.1) is 29.0 Å². The minimum absolute atomic E-state index is 0.184. The topological polar surface area (TPSA) is 91.2 Å².